The lowest BCUT2D eigenvalue weighted by atomic mass is 9.81. The molecule has 4 rings (SSSR count). The van der Waals surface area contributed by atoms with Gasteiger partial charge in [-0.15, -0.1) is 11.3 Å². The molecule has 24 heavy (non-hydrogen) atoms. The molecule has 1 aromatic heterocycles. The van der Waals surface area contributed by atoms with E-state index in [1.54, 1.807) is 23.5 Å². The van der Waals surface area contributed by atoms with Crippen molar-refractivity contribution in [2.24, 2.45) is 5.92 Å². The van der Waals surface area contributed by atoms with E-state index >= 15 is 0 Å². The Balaban J connectivity index is 1.53. The average molecular weight is 339 g/mol. The summed E-state index contributed by atoms with van der Waals surface area (Å²) in [6.07, 6.45) is 1.10. The van der Waals surface area contributed by atoms with Gasteiger partial charge in [0, 0.05) is 17.8 Å². The quantitative estimate of drug-likeness (QED) is 0.594. The fourth-order valence-corrected chi connectivity index (χ4v) is 4.99. The number of rotatable bonds is 3. The van der Waals surface area contributed by atoms with Crippen molar-refractivity contribution in [3.63, 3.8) is 0 Å². The summed E-state index contributed by atoms with van der Waals surface area (Å²) in [4.78, 5) is 2.53. The van der Waals surface area contributed by atoms with Crippen LogP contribution in [0.3, 0.4) is 0 Å². The molecule has 0 saturated carbocycles. The summed E-state index contributed by atoms with van der Waals surface area (Å²) in [5, 5.41) is 3.12. The zero-order valence-corrected chi connectivity index (χ0v) is 14.7. The minimum absolute atomic E-state index is 0.102. The largest absolute Gasteiger partial charge is 0.299 e. The van der Waals surface area contributed by atoms with Crippen molar-refractivity contribution >= 4 is 21.4 Å². The van der Waals surface area contributed by atoms with Gasteiger partial charge in [0.25, 0.3) is 0 Å². The van der Waals surface area contributed by atoms with Crippen molar-refractivity contribution < 1.29 is 4.39 Å². The van der Waals surface area contributed by atoms with Gasteiger partial charge in [-0.1, -0.05) is 37.3 Å². The number of likely N-dealkylation sites (tertiary alicyclic amines) is 1. The number of thiophene rings is 1. The van der Waals surface area contributed by atoms with Crippen LogP contribution in [0.1, 0.15) is 30.4 Å². The van der Waals surface area contributed by atoms with E-state index < -0.39 is 0 Å². The summed E-state index contributed by atoms with van der Waals surface area (Å²) < 4.78 is 15.3. The fourth-order valence-electron chi connectivity index (χ4n) is 4.03. The van der Waals surface area contributed by atoms with Gasteiger partial charge in [0.15, 0.2) is 0 Å². The van der Waals surface area contributed by atoms with Crippen LogP contribution in [0.4, 0.5) is 4.39 Å². The molecule has 0 amide bonds. The highest BCUT2D eigenvalue weighted by atomic mass is 32.1. The highest BCUT2D eigenvalue weighted by molar-refractivity contribution is 7.17. The third kappa shape index (κ3) is 3.11. The van der Waals surface area contributed by atoms with Gasteiger partial charge in [0.05, 0.1) is 0 Å². The Labute approximate surface area is 146 Å². The predicted molar refractivity (Wildman–Crippen MR) is 100 cm³/mol. The predicted octanol–water partition coefficient (Wildman–Crippen LogP) is 5.67. The molecule has 124 valence electrons. The van der Waals surface area contributed by atoms with Crippen LogP contribution in [0.25, 0.3) is 10.1 Å². The van der Waals surface area contributed by atoms with Gasteiger partial charge in [-0.2, -0.15) is 0 Å². The van der Waals surface area contributed by atoms with Gasteiger partial charge in [0.1, 0.15) is 5.82 Å². The molecule has 2 aromatic carbocycles. The van der Waals surface area contributed by atoms with Crippen LogP contribution in [0.5, 0.6) is 0 Å². The lowest BCUT2D eigenvalue weighted by Crippen LogP contribution is -2.37. The first-order valence-corrected chi connectivity index (χ1v) is 9.51. The summed E-state index contributed by atoms with van der Waals surface area (Å²) in [6, 6.07) is 16.1. The Kier molecular flexibility index (Phi) is 4.38. The van der Waals surface area contributed by atoms with E-state index in [0.717, 1.165) is 31.4 Å². The zero-order chi connectivity index (χ0) is 16.5. The smallest absolute Gasteiger partial charge is 0.124 e. The van der Waals surface area contributed by atoms with E-state index in [0.29, 0.717) is 11.8 Å². The molecule has 0 aliphatic carbocycles. The van der Waals surface area contributed by atoms with E-state index in [-0.39, 0.29) is 5.82 Å². The highest BCUT2D eigenvalue weighted by Crippen LogP contribution is 2.39. The molecule has 1 nitrogen and oxygen atoms in total. The number of piperidine rings is 1. The van der Waals surface area contributed by atoms with E-state index in [1.807, 2.05) is 6.07 Å². The van der Waals surface area contributed by atoms with Crippen LogP contribution in [0.2, 0.25) is 0 Å². The van der Waals surface area contributed by atoms with Crippen molar-refractivity contribution in [3.8, 4) is 0 Å². The average Bonchev–Trinajstić information content (AvgIpc) is 3.03. The molecule has 0 bridgehead atoms. The lowest BCUT2D eigenvalue weighted by molar-refractivity contribution is 0.156. The van der Waals surface area contributed by atoms with E-state index in [9.17, 15) is 4.39 Å². The molecule has 0 radical (unpaired) electrons. The molecule has 1 aliphatic heterocycles. The number of hydrogen-bond acceptors (Lipinski definition) is 2. The second kappa shape index (κ2) is 6.66. The summed E-state index contributed by atoms with van der Waals surface area (Å²) >= 11 is 1.74. The summed E-state index contributed by atoms with van der Waals surface area (Å²) in [6.45, 7) is 5.47. The van der Waals surface area contributed by atoms with Crippen LogP contribution in [-0.2, 0) is 6.54 Å². The molecule has 2 heterocycles. The van der Waals surface area contributed by atoms with E-state index in [1.165, 1.54) is 15.8 Å². The number of fused-ring (bicyclic) bond motifs is 1. The van der Waals surface area contributed by atoms with Crippen molar-refractivity contribution in [3.05, 3.63) is 70.9 Å². The van der Waals surface area contributed by atoms with Gasteiger partial charge in [0.2, 0.25) is 0 Å². The number of halogens is 1. The van der Waals surface area contributed by atoms with Crippen molar-refractivity contribution in [1.29, 1.82) is 0 Å². The minimum Gasteiger partial charge on any atom is -0.299 e. The Morgan fingerprint density at radius 3 is 2.79 bits per heavy atom. The monoisotopic (exact) mass is 339 g/mol. The SMILES string of the molecule is C[C@H]1CN(Cc2ccccc2)CC[C@H]1c1cc(F)cc2ccsc12. The summed E-state index contributed by atoms with van der Waals surface area (Å²) in [5.41, 5.74) is 2.58. The maximum absolute atomic E-state index is 14.0. The number of hydrogen-bond donors (Lipinski definition) is 0. The van der Waals surface area contributed by atoms with Gasteiger partial charge >= 0.3 is 0 Å². The molecule has 1 aliphatic rings. The maximum Gasteiger partial charge on any atom is 0.124 e. The van der Waals surface area contributed by atoms with Crippen LogP contribution < -0.4 is 0 Å². The molecular formula is C21H22FNS. The summed E-state index contributed by atoms with van der Waals surface area (Å²) in [5.74, 6) is 0.887. The minimum atomic E-state index is -0.102. The van der Waals surface area contributed by atoms with Crippen molar-refractivity contribution in [2.45, 2.75) is 25.8 Å². The Hall–Kier alpha value is -1.71. The lowest BCUT2D eigenvalue weighted by Gasteiger charge is -2.37. The zero-order valence-electron chi connectivity index (χ0n) is 13.9. The summed E-state index contributed by atoms with van der Waals surface area (Å²) in [7, 11) is 0. The first-order valence-electron chi connectivity index (χ1n) is 8.63. The molecular weight excluding hydrogens is 317 g/mol. The Bertz CT molecular complexity index is 826. The number of benzene rings is 2. The second-order valence-corrected chi connectivity index (χ2v) is 7.84. The topological polar surface area (TPSA) is 3.24 Å². The normalized spacial score (nSPS) is 22.1. The third-order valence-electron chi connectivity index (χ3n) is 5.18. The molecule has 2 atom stereocenters. The standard InChI is InChI=1S/C21H22FNS/c1-15-13-23(14-16-5-3-2-4-6-16)9-7-19(15)20-12-18(22)11-17-8-10-24-21(17)20/h2-6,8,10-12,15,19H,7,9,13-14H2,1H3/t15-,19+/m0/s1. The van der Waals surface area contributed by atoms with Crippen LogP contribution >= 0.6 is 11.3 Å². The van der Waals surface area contributed by atoms with Crippen molar-refractivity contribution in [1.82, 2.24) is 4.90 Å². The van der Waals surface area contributed by atoms with Gasteiger partial charge in [-0.3, -0.25) is 4.90 Å². The second-order valence-electron chi connectivity index (χ2n) is 6.93. The molecule has 1 saturated heterocycles. The molecule has 0 spiro atoms. The van der Waals surface area contributed by atoms with Gasteiger partial charge < -0.3 is 0 Å². The number of nitrogens with zero attached hydrogens (tertiary/aromatic N) is 1. The first-order chi connectivity index (χ1) is 11.7. The van der Waals surface area contributed by atoms with Crippen LogP contribution in [0.15, 0.2) is 53.9 Å². The highest BCUT2D eigenvalue weighted by Gasteiger charge is 2.29. The van der Waals surface area contributed by atoms with Crippen LogP contribution in [0, 0.1) is 11.7 Å². The van der Waals surface area contributed by atoms with E-state index in [2.05, 4.69) is 47.5 Å². The first kappa shape index (κ1) is 15.8. The molecule has 3 heteroatoms. The molecule has 1 fully saturated rings. The Morgan fingerprint density at radius 2 is 2.00 bits per heavy atom. The van der Waals surface area contributed by atoms with Gasteiger partial charge in [-0.05, 0) is 64.9 Å². The van der Waals surface area contributed by atoms with Crippen molar-refractivity contribution in [2.75, 3.05) is 13.1 Å². The molecule has 0 unspecified atom stereocenters. The maximum atomic E-state index is 14.0. The Morgan fingerprint density at radius 1 is 1.17 bits per heavy atom. The molecule has 3 aromatic rings. The fraction of sp³-hybridized carbons (Fsp3) is 0.333. The third-order valence-corrected chi connectivity index (χ3v) is 6.16. The van der Waals surface area contributed by atoms with Gasteiger partial charge in [-0.25, -0.2) is 4.39 Å². The molecule has 0 N–H and O–H groups in total. The van der Waals surface area contributed by atoms with Crippen LogP contribution in [-0.4, -0.2) is 18.0 Å². The van der Waals surface area contributed by atoms with E-state index in [4.69, 9.17) is 0 Å².